The van der Waals surface area contributed by atoms with Gasteiger partial charge < -0.3 is 10.6 Å². The monoisotopic (exact) mass is 233 g/mol. The van der Waals surface area contributed by atoms with Crippen molar-refractivity contribution in [2.24, 2.45) is 5.92 Å². The zero-order valence-corrected chi connectivity index (χ0v) is 10.7. The van der Waals surface area contributed by atoms with Crippen molar-refractivity contribution in [1.29, 1.82) is 0 Å². The van der Waals surface area contributed by atoms with Crippen LogP contribution in [0.1, 0.15) is 39.0 Å². The molecule has 2 rings (SSSR count). The first-order valence-corrected chi connectivity index (χ1v) is 6.76. The quantitative estimate of drug-likeness (QED) is 0.872. The molecule has 2 heterocycles. The molecule has 94 valence electrons. The van der Waals surface area contributed by atoms with Crippen LogP contribution in [0.15, 0.2) is 18.3 Å². The highest BCUT2D eigenvalue weighted by Gasteiger charge is 2.16. The van der Waals surface area contributed by atoms with Crippen molar-refractivity contribution in [1.82, 2.24) is 4.98 Å². The van der Waals surface area contributed by atoms with Crippen molar-refractivity contribution in [2.45, 2.75) is 39.0 Å². The van der Waals surface area contributed by atoms with Gasteiger partial charge in [0.05, 0.1) is 11.9 Å². The lowest BCUT2D eigenvalue weighted by atomic mass is 9.96. The van der Waals surface area contributed by atoms with Gasteiger partial charge in [-0.15, -0.1) is 0 Å². The minimum absolute atomic E-state index is 0.604. The summed E-state index contributed by atoms with van der Waals surface area (Å²) in [7, 11) is 0. The van der Waals surface area contributed by atoms with Gasteiger partial charge in [-0.05, 0) is 37.3 Å². The predicted molar refractivity (Wildman–Crippen MR) is 73.1 cm³/mol. The molecule has 0 aromatic carbocycles. The maximum Gasteiger partial charge on any atom is 0.123 e. The summed E-state index contributed by atoms with van der Waals surface area (Å²) < 4.78 is 0. The van der Waals surface area contributed by atoms with Gasteiger partial charge in [-0.2, -0.15) is 0 Å². The third kappa shape index (κ3) is 3.35. The van der Waals surface area contributed by atoms with E-state index in [-0.39, 0.29) is 0 Å². The second-order valence-corrected chi connectivity index (χ2v) is 5.01. The standard InChI is InChI=1S/C14H23N3/c1-2-4-12-5-3-9-17(10-8-12)13-6-7-14(15)16-11-13/h6-7,11-12H,2-5,8-10H2,1H3,(H2,15,16). The predicted octanol–water partition coefficient (Wildman–Crippen LogP) is 3.07. The molecular formula is C14H23N3. The largest absolute Gasteiger partial charge is 0.384 e. The van der Waals surface area contributed by atoms with E-state index in [1.807, 2.05) is 12.3 Å². The summed E-state index contributed by atoms with van der Waals surface area (Å²) in [5.41, 5.74) is 6.84. The molecule has 3 heteroatoms. The van der Waals surface area contributed by atoms with Crippen LogP contribution in [0, 0.1) is 5.92 Å². The van der Waals surface area contributed by atoms with E-state index in [0.29, 0.717) is 5.82 Å². The molecule has 0 radical (unpaired) electrons. The average molecular weight is 233 g/mol. The van der Waals surface area contributed by atoms with Crippen LogP contribution < -0.4 is 10.6 Å². The molecule has 0 bridgehead atoms. The second-order valence-electron chi connectivity index (χ2n) is 5.01. The normalized spacial score (nSPS) is 21.2. The Bertz CT molecular complexity index is 334. The highest BCUT2D eigenvalue weighted by Crippen LogP contribution is 2.25. The van der Waals surface area contributed by atoms with Gasteiger partial charge in [-0.25, -0.2) is 4.98 Å². The van der Waals surface area contributed by atoms with E-state index >= 15 is 0 Å². The van der Waals surface area contributed by atoms with Gasteiger partial charge in [0.25, 0.3) is 0 Å². The van der Waals surface area contributed by atoms with Crippen LogP contribution >= 0.6 is 0 Å². The Morgan fingerprint density at radius 3 is 2.94 bits per heavy atom. The summed E-state index contributed by atoms with van der Waals surface area (Å²) >= 11 is 0. The average Bonchev–Trinajstić information content (AvgIpc) is 2.56. The third-order valence-electron chi connectivity index (χ3n) is 3.68. The van der Waals surface area contributed by atoms with Gasteiger partial charge >= 0.3 is 0 Å². The lowest BCUT2D eigenvalue weighted by molar-refractivity contribution is 0.435. The fraction of sp³-hybridized carbons (Fsp3) is 0.643. The Labute approximate surface area is 104 Å². The maximum absolute atomic E-state index is 5.62. The number of aromatic nitrogens is 1. The molecule has 17 heavy (non-hydrogen) atoms. The summed E-state index contributed by atoms with van der Waals surface area (Å²) in [6, 6.07) is 3.98. The molecule has 0 spiro atoms. The third-order valence-corrected chi connectivity index (χ3v) is 3.68. The molecule has 1 unspecified atom stereocenters. The Morgan fingerprint density at radius 2 is 2.24 bits per heavy atom. The number of pyridine rings is 1. The number of hydrogen-bond donors (Lipinski definition) is 1. The lowest BCUT2D eigenvalue weighted by Gasteiger charge is -2.22. The van der Waals surface area contributed by atoms with E-state index in [2.05, 4.69) is 22.9 Å². The SMILES string of the molecule is CCCC1CCCN(c2ccc(N)nc2)CC1. The Hall–Kier alpha value is -1.25. The summed E-state index contributed by atoms with van der Waals surface area (Å²) in [6.07, 6.45) is 8.59. The van der Waals surface area contributed by atoms with Crippen LogP contribution in [0.3, 0.4) is 0 Å². The molecule has 1 fully saturated rings. The zero-order valence-electron chi connectivity index (χ0n) is 10.7. The molecule has 1 aromatic rings. The van der Waals surface area contributed by atoms with Crippen LogP contribution in [0.2, 0.25) is 0 Å². The molecule has 0 aliphatic carbocycles. The van der Waals surface area contributed by atoms with Gasteiger partial charge in [0.1, 0.15) is 5.82 Å². The van der Waals surface area contributed by atoms with Gasteiger partial charge in [-0.1, -0.05) is 19.8 Å². The molecule has 1 aliphatic heterocycles. The Morgan fingerprint density at radius 1 is 1.35 bits per heavy atom. The van der Waals surface area contributed by atoms with Crippen molar-refractivity contribution < 1.29 is 0 Å². The van der Waals surface area contributed by atoms with E-state index in [1.165, 1.54) is 37.8 Å². The first-order valence-electron chi connectivity index (χ1n) is 6.76. The van der Waals surface area contributed by atoms with Gasteiger partial charge in [0, 0.05) is 13.1 Å². The van der Waals surface area contributed by atoms with Gasteiger partial charge in [0.15, 0.2) is 0 Å². The van der Waals surface area contributed by atoms with Gasteiger partial charge in [0.2, 0.25) is 0 Å². The van der Waals surface area contributed by atoms with Crippen LogP contribution in [0.5, 0.6) is 0 Å². The number of nitrogens with two attached hydrogens (primary N) is 1. The number of nitrogens with zero attached hydrogens (tertiary/aromatic N) is 2. The first-order chi connectivity index (χ1) is 8.29. The fourth-order valence-electron chi connectivity index (χ4n) is 2.71. The molecule has 3 nitrogen and oxygen atoms in total. The number of rotatable bonds is 3. The van der Waals surface area contributed by atoms with Crippen LogP contribution in [0.4, 0.5) is 11.5 Å². The molecule has 1 saturated heterocycles. The smallest absolute Gasteiger partial charge is 0.123 e. The van der Waals surface area contributed by atoms with Crippen LogP contribution in [-0.2, 0) is 0 Å². The van der Waals surface area contributed by atoms with Crippen LogP contribution in [0.25, 0.3) is 0 Å². The molecule has 0 saturated carbocycles. The fourth-order valence-corrected chi connectivity index (χ4v) is 2.71. The second kappa shape index (κ2) is 5.89. The Kier molecular flexibility index (Phi) is 4.24. The number of nitrogen functional groups attached to an aromatic ring is 1. The molecular weight excluding hydrogens is 210 g/mol. The maximum atomic E-state index is 5.62. The first kappa shape index (κ1) is 12.2. The minimum Gasteiger partial charge on any atom is -0.384 e. The molecule has 1 aliphatic rings. The van der Waals surface area contributed by atoms with Crippen molar-refractivity contribution in [3.05, 3.63) is 18.3 Å². The minimum atomic E-state index is 0.604. The van der Waals surface area contributed by atoms with E-state index in [1.54, 1.807) is 0 Å². The number of hydrogen-bond acceptors (Lipinski definition) is 3. The van der Waals surface area contributed by atoms with E-state index < -0.39 is 0 Å². The zero-order chi connectivity index (χ0) is 12.1. The molecule has 1 aromatic heterocycles. The van der Waals surface area contributed by atoms with Gasteiger partial charge in [-0.3, -0.25) is 0 Å². The summed E-state index contributed by atoms with van der Waals surface area (Å²) in [5, 5.41) is 0. The topological polar surface area (TPSA) is 42.1 Å². The van der Waals surface area contributed by atoms with Crippen molar-refractivity contribution >= 4 is 11.5 Å². The summed E-state index contributed by atoms with van der Waals surface area (Å²) in [5.74, 6) is 1.53. The van der Waals surface area contributed by atoms with Crippen molar-refractivity contribution in [3.8, 4) is 0 Å². The van der Waals surface area contributed by atoms with E-state index in [4.69, 9.17) is 5.73 Å². The highest BCUT2D eigenvalue weighted by molar-refractivity contribution is 5.48. The highest BCUT2D eigenvalue weighted by atomic mass is 15.1. The van der Waals surface area contributed by atoms with E-state index in [9.17, 15) is 0 Å². The number of anilines is 2. The molecule has 2 N–H and O–H groups in total. The summed E-state index contributed by atoms with van der Waals surface area (Å²) in [4.78, 5) is 6.62. The Balaban J connectivity index is 1.96. The van der Waals surface area contributed by atoms with E-state index in [0.717, 1.165) is 19.0 Å². The van der Waals surface area contributed by atoms with Crippen molar-refractivity contribution in [2.75, 3.05) is 23.7 Å². The van der Waals surface area contributed by atoms with Crippen LogP contribution in [-0.4, -0.2) is 18.1 Å². The lowest BCUT2D eigenvalue weighted by Crippen LogP contribution is -2.24. The molecule has 0 amide bonds. The summed E-state index contributed by atoms with van der Waals surface area (Å²) in [6.45, 7) is 4.61. The molecule has 1 atom stereocenters. The van der Waals surface area contributed by atoms with Crippen molar-refractivity contribution in [3.63, 3.8) is 0 Å².